The molecule has 0 fully saturated rings. The van der Waals surface area contributed by atoms with E-state index in [0.29, 0.717) is 6.04 Å². The lowest BCUT2D eigenvalue weighted by Gasteiger charge is -2.15. The van der Waals surface area contributed by atoms with Gasteiger partial charge < -0.3 is 5.32 Å². The fourth-order valence-electron chi connectivity index (χ4n) is 1.67. The van der Waals surface area contributed by atoms with E-state index in [2.05, 4.69) is 70.1 Å². The van der Waals surface area contributed by atoms with E-state index in [1.807, 2.05) is 0 Å². The van der Waals surface area contributed by atoms with E-state index in [4.69, 9.17) is 0 Å². The van der Waals surface area contributed by atoms with Gasteiger partial charge in [0.2, 0.25) is 0 Å². The normalized spacial score (nSPS) is 12.4. The lowest BCUT2D eigenvalue weighted by molar-refractivity contribution is 0.890. The van der Waals surface area contributed by atoms with Gasteiger partial charge >= 0.3 is 0 Å². The Kier molecular flexibility index (Phi) is 3.66. The maximum absolute atomic E-state index is 3.51. The maximum atomic E-state index is 3.51. The number of aryl methyl sites for hydroxylation is 1. The van der Waals surface area contributed by atoms with E-state index in [1.165, 1.54) is 11.1 Å². The van der Waals surface area contributed by atoms with Crippen molar-refractivity contribution in [2.24, 2.45) is 0 Å². The molecule has 0 radical (unpaired) electrons. The molecule has 1 nitrogen and oxygen atoms in total. The Bertz CT molecular complexity index is 445. The maximum Gasteiger partial charge on any atom is 0.0493 e. The predicted molar refractivity (Wildman–Crippen MR) is 75.2 cm³/mol. The summed E-state index contributed by atoms with van der Waals surface area (Å²) in [5, 5.41) is 7.80. The van der Waals surface area contributed by atoms with Crippen LogP contribution >= 0.6 is 27.3 Å². The molecule has 2 aromatic rings. The van der Waals surface area contributed by atoms with Gasteiger partial charge in [0.15, 0.2) is 0 Å². The first-order chi connectivity index (χ1) is 7.65. The first-order valence-corrected chi connectivity index (χ1v) is 6.94. The number of anilines is 1. The highest BCUT2D eigenvalue weighted by Gasteiger charge is 2.05. The van der Waals surface area contributed by atoms with Crippen molar-refractivity contribution in [3.63, 3.8) is 0 Å². The van der Waals surface area contributed by atoms with Gasteiger partial charge in [-0.3, -0.25) is 0 Å². The second kappa shape index (κ2) is 5.02. The van der Waals surface area contributed by atoms with Crippen molar-refractivity contribution in [2.75, 3.05) is 5.32 Å². The van der Waals surface area contributed by atoms with Crippen LogP contribution < -0.4 is 5.32 Å². The zero-order valence-electron chi connectivity index (χ0n) is 9.33. The highest BCUT2D eigenvalue weighted by atomic mass is 79.9. The minimum absolute atomic E-state index is 0.347. The van der Waals surface area contributed by atoms with Crippen LogP contribution in [0, 0.1) is 6.92 Å². The Hall–Kier alpha value is -0.800. The molecule has 1 heterocycles. The minimum atomic E-state index is 0.347. The Morgan fingerprint density at radius 2 is 2.12 bits per heavy atom. The third-order valence-electron chi connectivity index (χ3n) is 2.47. The Morgan fingerprint density at radius 1 is 1.31 bits per heavy atom. The van der Waals surface area contributed by atoms with Gasteiger partial charge in [-0.05, 0) is 60.0 Å². The van der Waals surface area contributed by atoms with Crippen LogP contribution in [0.1, 0.15) is 24.1 Å². The average molecular weight is 296 g/mol. The highest BCUT2D eigenvalue weighted by molar-refractivity contribution is 9.10. The fraction of sp³-hybridized carbons (Fsp3) is 0.231. The molecular formula is C13H14BrNS. The summed E-state index contributed by atoms with van der Waals surface area (Å²) in [5.41, 5.74) is 3.75. The first kappa shape index (κ1) is 11.7. The Morgan fingerprint density at radius 3 is 2.75 bits per heavy atom. The molecule has 0 spiro atoms. The molecule has 1 aromatic carbocycles. The summed E-state index contributed by atoms with van der Waals surface area (Å²) >= 11 is 5.25. The summed E-state index contributed by atoms with van der Waals surface area (Å²) in [7, 11) is 0. The second-order valence-corrected chi connectivity index (χ2v) is 5.64. The van der Waals surface area contributed by atoms with Crippen LogP contribution in [-0.4, -0.2) is 0 Å². The van der Waals surface area contributed by atoms with Gasteiger partial charge in [0, 0.05) is 16.2 Å². The molecule has 0 amide bonds. The van der Waals surface area contributed by atoms with Crippen molar-refractivity contribution in [3.05, 3.63) is 50.6 Å². The number of hydrogen-bond donors (Lipinski definition) is 1. The molecule has 0 saturated heterocycles. The smallest absolute Gasteiger partial charge is 0.0493 e. The van der Waals surface area contributed by atoms with Gasteiger partial charge in [-0.2, -0.15) is 11.3 Å². The molecule has 1 unspecified atom stereocenters. The molecule has 1 atom stereocenters. The minimum Gasteiger partial charge on any atom is -0.378 e. The van der Waals surface area contributed by atoms with Crippen molar-refractivity contribution in [1.29, 1.82) is 0 Å². The zero-order valence-corrected chi connectivity index (χ0v) is 11.7. The number of thiophene rings is 1. The molecule has 0 aliphatic carbocycles. The van der Waals surface area contributed by atoms with Crippen molar-refractivity contribution >= 4 is 33.0 Å². The number of nitrogens with one attached hydrogen (secondary N) is 1. The predicted octanol–water partition coefficient (Wildman–Crippen LogP) is 4.99. The standard InChI is InChI=1S/C13H14BrNS/c1-9-5-12(14)7-13(6-9)15-10(2)11-3-4-16-8-11/h3-8,10,15H,1-2H3. The summed E-state index contributed by atoms with van der Waals surface area (Å²) in [6.07, 6.45) is 0. The van der Waals surface area contributed by atoms with E-state index in [-0.39, 0.29) is 0 Å². The molecular weight excluding hydrogens is 282 g/mol. The van der Waals surface area contributed by atoms with Crippen LogP contribution in [0.25, 0.3) is 0 Å². The van der Waals surface area contributed by atoms with Crippen LogP contribution in [0.15, 0.2) is 39.5 Å². The monoisotopic (exact) mass is 295 g/mol. The Balaban J connectivity index is 2.15. The molecule has 1 N–H and O–H groups in total. The third kappa shape index (κ3) is 2.86. The van der Waals surface area contributed by atoms with E-state index in [9.17, 15) is 0 Å². The number of hydrogen-bond acceptors (Lipinski definition) is 2. The SMILES string of the molecule is Cc1cc(Br)cc(NC(C)c2ccsc2)c1. The van der Waals surface area contributed by atoms with E-state index >= 15 is 0 Å². The van der Waals surface area contributed by atoms with Crippen LogP contribution in [-0.2, 0) is 0 Å². The van der Waals surface area contributed by atoms with Gasteiger partial charge in [-0.1, -0.05) is 15.9 Å². The zero-order chi connectivity index (χ0) is 11.5. The van der Waals surface area contributed by atoms with Gasteiger partial charge in [0.1, 0.15) is 0 Å². The number of halogens is 1. The van der Waals surface area contributed by atoms with Crippen molar-refractivity contribution in [3.8, 4) is 0 Å². The summed E-state index contributed by atoms with van der Waals surface area (Å²) in [5.74, 6) is 0. The van der Waals surface area contributed by atoms with Gasteiger partial charge in [0.25, 0.3) is 0 Å². The van der Waals surface area contributed by atoms with Crippen LogP contribution in [0.5, 0.6) is 0 Å². The third-order valence-corrected chi connectivity index (χ3v) is 3.63. The largest absolute Gasteiger partial charge is 0.378 e. The first-order valence-electron chi connectivity index (χ1n) is 5.21. The molecule has 1 aromatic heterocycles. The molecule has 0 saturated carbocycles. The lowest BCUT2D eigenvalue weighted by atomic mass is 10.1. The van der Waals surface area contributed by atoms with Gasteiger partial charge in [0.05, 0.1) is 0 Å². The molecule has 0 aliphatic heterocycles. The quantitative estimate of drug-likeness (QED) is 0.841. The van der Waals surface area contributed by atoms with E-state index in [0.717, 1.165) is 10.2 Å². The molecule has 3 heteroatoms. The second-order valence-electron chi connectivity index (χ2n) is 3.94. The van der Waals surface area contributed by atoms with Crippen LogP contribution in [0.3, 0.4) is 0 Å². The van der Waals surface area contributed by atoms with Crippen molar-refractivity contribution in [2.45, 2.75) is 19.9 Å². The summed E-state index contributed by atoms with van der Waals surface area (Å²) < 4.78 is 1.12. The lowest BCUT2D eigenvalue weighted by Crippen LogP contribution is -2.05. The van der Waals surface area contributed by atoms with Gasteiger partial charge in [-0.15, -0.1) is 0 Å². The summed E-state index contributed by atoms with van der Waals surface area (Å²) in [4.78, 5) is 0. The van der Waals surface area contributed by atoms with E-state index < -0.39 is 0 Å². The Labute approximate surface area is 109 Å². The molecule has 0 bridgehead atoms. The molecule has 2 rings (SSSR count). The summed E-state index contributed by atoms with van der Waals surface area (Å²) in [6, 6.07) is 8.89. The number of benzene rings is 1. The van der Waals surface area contributed by atoms with Crippen molar-refractivity contribution < 1.29 is 0 Å². The highest BCUT2D eigenvalue weighted by Crippen LogP contribution is 2.24. The summed E-state index contributed by atoms with van der Waals surface area (Å²) in [6.45, 7) is 4.28. The average Bonchev–Trinajstić information content (AvgIpc) is 2.68. The molecule has 16 heavy (non-hydrogen) atoms. The van der Waals surface area contributed by atoms with Crippen LogP contribution in [0.2, 0.25) is 0 Å². The van der Waals surface area contributed by atoms with Crippen LogP contribution in [0.4, 0.5) is 5.69 Å². The van der Waals surface area contributed by atoms with Gasteiger partial charge in [-0.25, -0.2) is 0 Å². The fourth-order valence-corrected chi connectivity index (χ4v) is 3.04. The molecule has 84 valence electrons. The number of rotatable bonds is 3. The molecule has 0 aliphatic rings. The van der Waals surface area contributed by atoms with Crippen molar-refractivity contribution in [1.82, 2.24) is 0 Å². The van der Waals surface area contributed by atoms with E-state index in [1.54, 1.807) is 11.3 Å². The topological polar surface area (TPSA) is 12.0 Å².